The number of aromatic carboxylic acids is 1. The molecule has 0 unspecified atom stereocenters. The molecular weight excluding hydrogens is 242 g/mol. The monoisotopic (exact) mass is 263 g/mol. The molecule has 19 heavy (non-hydrogen) atoms. The molecule has 0 atom stereocenters. The van der Waals surface area contributed by atoms with Crippen molar-refractivity contribution in [1.29, 1.82) is 0 Å². The van der Waals surface area contributed by atoms with Crippen LogP contribution in [0.4, 0.5) is 5.82 Å². The van der Waals surface area contributed by atoms with Crippen LogP contribution in [0.2, 0.25) is 0 Å². The van der Waals surface area contributed by atoms with Crippen LogP contribution in [0.3, 0.4) is 0 Å². The Morgan fingerprint density at radius 3 is 2.89 bits per heavy atom. The molecule has 5 heteroatoms. The van der Waals surface area contributed by atoms with Gasteiger partial charge in [-0.1, -0.05) is 18.9 Å². The van der Waals surface area contributed by atoms with Crippen molar-refractivity contribution in [3.63, 3.8) is 0 Å². The Kier molecular flexibility index (Phi) is 4.74. The lowest BCUT2D eigenvalue weighted by atomic mass is 10.2. The van der Waals surface area contributed by atoms with Crippen LogP contribution >= 0.6 is 0 Å². The summed E-state index contributed by atoms with van der Waals surface area (Å²) >= 11 is 0. The SMILES string of the molecule is CN(CCNc1cccc(C(=O)O)n1)C1CCCC1. The van der Waals surface area contributed by atoms with E-state index in [1.165, 1.54) is 31.7 Å². The maximum Gasteiger partial charge on any atom is 0.354 e. The molecule has 5 nitrogen and oxygen atoms in total. The zero-order chi connectivity index (χ0) is 13.7. The van der Waals surface area contributed by atoms with E-state index in [0.717, 1.165) is 13.1 Å². The van der Waals surface area contributed by atoms with E-state index in [-0.39, 0.29) is 5.69 Å². The van der Waals surface area contributed by atoms with Crippen LogP contribution in [-0.2, 0) is 0 Å². The number of anilines is 1. The maximum absolute atomic E-state index is 10.8. The summed E-state index contributed by atoms with van der Waals surface area (Å²) in [6.07, 6.45) is 5.27. The van der Waals surface area contributed by atoms with Crippen LogP contribution in [-0.4, -0.2) is 47.1 Å². The number of nitrogens with one attached hydrogen (secondary N) is 1. The summed E-state index contributed by atoms with van der Waals surface area (Å²) in [5, 5.41) is 12.0. The first-order valence-electron chi connectivity index (χ1n) is 6.81. The topological polar surface area (TPSA) is 65.5 Å². The van der Waals surface area contributed by atoms with Gasteiger partial charge in [0.15, 0.2) is 5.69 Å². The standard InChI is InChI=1S/C14H21N3O2/c1-17(11-5-2-3-6-11)10-9-15-13-8-4-7-12(16-13)14(18)19/h4,7-8,11H,2-3,5-6,9-10H2,1H3,(H,15,16)(H,18,19). The summed E-state index contributed by atoms with van der Waals surface area (Å²) in [6, 6.07) is 5.71. The van der Waals surface area contributed by atoms with Crippen LogP contribution in [0.15, 0.2) is 18.2 Å². The second-order valence-electron chi connectivity index (χ2n) is 5.06. The smallest absolute Gasteiger partial charge is 0.354 e. The van der Waals surface area contributed by atoms with Gasteiger partial charge in [-0.2, -0.15) is 0 Å². The number of aromatic nitrogens is 1. The minimum Gasteiger partial charge on any atom is -0.477 e. The van der Waals surface area contributed by atoms with Crippen molar-refractivity contribution >= 4 is 11.8 Å². The zero-order valence-electron chi connectivity index (χ0n) is 11.3. The van der Waals surface area contributed by atoms with Crippen LogP contribution in [0, 0.1) is 0 Å². The van der Waals surface area contributed by atoms with Gasteiger partial charge in [0.05, 0.1) is 0 Å². The van der Waals surface area contributed by atoms with Crippen LogP contribution in [0.1, 0.15) is 36.2 Å². The molecule has 1 aliphatic carbocycles. The van der Waals surface area contributed by atoms with Crippen LogP contribution < -0.4 is 5.32 Å². The highest BCUT2D eigenvalue weighted by Gasteiger charge is 2.18. The van der Waals surface area contributed by atoms with E-state index in [0.29, 0.717) is 11.9 Å². The lowest BCUT2D eigenvalue weighted by molar-refractivity contribution is 0.0690. The van der Waals surface area contributed by atoms with Gasteiger partial charge in [0.25, 0.3) is 0 Å². The molecule has 0 amide bonds. The molecule has 1 heterocycles. The average Bonchev–Trinajstić information content (AvgIpc) is 2.93. The molecule has 0 aliphatic heterocycles. The maximum atomic E-state index is 10.8. The van der Waals surface area contributed by atoms with Gasteiger partial charge < -0.3 is 15.3 Å². The van der Waals surface area contributed by atoms with Gasteiger partial charge in [-0.3, -0.25) is 0 Å². The van der Waals surface area contributed by atoms with E-state index in [1.54, 1.807) is 12.1 Å². The third kappa shape index (κ3) is 3.92. The number of carboxylic acids is 1. The fourth-order valence-corrected chi connectivity index (χ4v) is 2.54. The largest absolute Gasteiger partial charge is 0.477 e. The first-order valence-corrected chi connectivity index (χ1v) is 6.81. The first-order chi connectivity index (χ1) is 9.16. The van der Waals surface area contributed by atoms with Crippen molar-refractivity contribution < 1.29 is 9.90 Å². The van der Waals surface area contributed by atoms with Crippen molar-refractivity contribution in [2.75, 3.05) is 25.5 Å². The normalized spacial score (nSPS) is 15.9. The van der Waals surface area contributed by atoms with Gasteiger partial charge in [-0.15, -0.1) is 0 Å². The number of likely N-dealkylation sites (N-methyl/N-ethyl adjacent to an activating group) is 1. The van der Waals surface area contributed by atoms with Gasteiger partial charge in [0, 0.05) is 19.1 Å². The van der Waals surface area contributed by atoms with Gasteiger partial charge in [0.1, 0.15) is 5.82 Å². The van der Waals surface area contributed by atoms with Crippen molar-refractivity contribution in [1.82, 2.24) is 9.88 Å². The minimum absolute atomic E-state index is 0.0779. The molecule has 1 aromatic rings. The van der Waals surface area contributed by atoms with Gasteiger partial charge >= 0.3 is 5.97 Å². The zero-order valence-corrected chi connectivity index (χ0v) is 11.3. The van der Waals surface area contributed by atoms with E-state index >= 15 is 0 Å². The Morgan fingerprint density at radius 1 is 1.47 bits per heavy atom. The van der Waals surface area contributed by atoms with Gasteiger partial charge in [0.2, 0.25) is 0 Å². The number of nitrogens with zero attached hydrogens (tertiary/aromatic N) is 2. The average molecular weight is 263 g/mol. The summed E-state index contributed by atoms with van der Waals surface area (Å²) in [6.45, 7) is 1.73. The summed E-state index contributed by atoms with van der Waals surface area (Å²) in [4.78, 5) is 17.2. The fraction of sp³-hybridized carbons (Fsp3) is 0.571. The molecule has 2 rings (SSSR count). The Bertz CT molecular complexity index is 430. The summed E-state index contributed by atoms with van der Waals surface area (Å²) < 4.78 is 0. The molecule has 0 aromatic carbocycles. The second-order valence-corrected chi connectivity index (χ2v) is 5.06. The molecule has 2 N–H and O–H groups in total. The van der Waals surface area contributed by atoms with Crippen molar-refractivity contribution in [2.45, 2.75) is 31.7 Å². The Hall–Kier alpha value is -1.62. The van der Waals surface area contributed by atoms with E-state index in [9.17, 15) is 4.79 Å². The van der Waals surface area contributed by atoms with E-state index in [1.807, 2.05) is 0 Å². The lowest BCUT2D eigenvalue weighted by Gasteiger charge is -2.24. The highest BCUT2D eigenvalue weighted by atomic mass is 16.4. The Labute approximate surface area is 113 Å². The third-order valence-corrected chi connectivity index (χ3v) is 3.69. The van der Waals surface area contributed by atoms with Gasteiger partial charge in [-0.25, -0.2) is 9.78 Å². The summed E-state index contributed by atoms with van der Waals surface area (Å²) in [7, 11) is 2.15. The lowest BCUT2D eigenvalue weighted by Crippen LogP contribution is -2.33. The highest BCUT2D eigenvalue weighted by Crippen LogP contribution is 2.21. The Balaban J connectivity index is 1.78. The number of hydrogen-bond donors (Lipinski definition) is 2. The number of pyridine rings is 1. The molecule has 1 fully saturated rings. The van der Waals surface area contributed by atoms with E-state index in [2.05, 4.69) is 22.2 Å². The minimum atomic E-state index is -0.994. The second kappa shape index (κ2) is 6.52. The molecular formula is C14H21N3O2. The van der Waals surface area contributed by atoms with E-state index < -0.39 is 5.97 Å². The number of carboxylic acid groups (broad SMARTS) is 1. The van der Waals surface area contributed by atoms with Crippen molar-refractivity contribution in [3.05, 3.63) is 23.9 Å². The molecule has 0 spiro atoms. The van der Waals surface area contributed by atoms with Crippen molar-refractivity contribution in [3.8, 4) is 0 Å². The Morgan fingerprint density at radius 2 is 2.21 bits per heavy atom. The molecule has 1 saturated carbocycles. The molecule has 0 radical (unpaired) electrons. The number of carbonyl (C=O) groups is 1. The molecule has 0 saturated heterocycles. The molecule has 0 bridgehead atoms. The predicted octanol–water partition coefficient (Wildman–Crippen LogP) is 2.07. The van der Waals surface area contributed by atoms with Crippen LogP contribution in [0.5, 0.6) is 0 Å². The van der Waals surface area contributed by atoms with E-state index in [4.69, 9.17) is 5.11 Å². The molecule has 104 valence electrons. The third-order valence-electron chi connectivity index (χ3n) is 3.69. The molecule has 1 aliphatic rings. The van der Waals surface area contributed by atoms with Crippen molar-refractivity contribution in [2.24, 2.45) is 0 Å². The summed E-state index contributed by atoms with van der Waals surface area (Å²) in [5.74, 6) is -0.369. The van der Waals surface area contributed by atoms with Crippen LogP contribution in [0.25, 0.3) is 0 Å². The molecule has 1 aromatic heterocycles. The number of rotatable bonds is 6. The number of hydrogen-bond acceptors (Lipinski definition) is 4. The first kappa shape index (κ1) is 13.8. The van der Waals surface area contributed by atoms with Gasteiger partial charge in [-0.05, 0) is 32.0 Å². The summed E-state index contributed by atoms with van der Waals surface area (Å²) in [5.41, 5.74) is 0.0779. The fourth-order valence-electron chi connectivity index (χ4n) is 2.54. The quantitative estimate of drug-likeness (QED) is 0.822. The highest BCUT2D eigenvalue weighted by molar-refractivity contribution is 5.85. The predicted molar refractivity (Wildman–Crippen MR) is 74.6 cm³/mol.